The van der Waals surface area contributed by atoms with Gasteiger partial charge in [0.15, 0.2) is 5.76 Å². The first kappa shape index (κ1) is 13.3. The van der Waals surface area contributed by atoms with Crippen molar-refractivity contribution in [3.63, 3.8) is 0 Å². The predicted octanol–water partition coefficient (Wildman–Crippen LogP) is 0.835. The number of para-hydroxylation sites is 1. The molecule has 7 nitrogen and oxygen atoms in total. The number of carboxylic acids is 1. The zero-order chi connectivity index (χ0) is 14.5. The number of hydrogen-bond acceptors (Lipinski definition) is 4. The van der Waals surface area contributed by atoms with Crippen molar-refractivity contribution in [2.75, 3.05) is 0 Å². The lowest BCUT2D eigenvalue weighted by molar-refractivity contribution is -0.131. The molecule has 0 saturated carbocycles. The van der Waals surface area contributed by atoms with Crippen molar-refractivity contribution in [1.82, 2.24) is 10.9 Å². The average Bonchev–Trinajstić information content (AvgIpc) is 2.86. The molecule has 102 valence electrons. The van der Waals surface area contributed by atoms with E-state index < -0.39 is 17.8 Å². The maximum absolute atomic E-state index is 11.7. The molecule has 0 spiro atoms. The lowest BCUT2D eigenvalue weighted by Gasteiger charge is -2.01. The Morgan fingerprint density at radius 2 is 1.85 bits per heavy atom. The summed E-state index contributed by atoms with van der Waals surface area (Å²) in [6.07, 6.45) is 1.43. The average molecular weight is 274 g/mol. The number of benzene rings is 1. The molecule has 2 amide bonds. The Balaban J connectivity index is 1.98. The summed E-state index contributed by atoms with van der Waals surface area (Å²) in [5.41, 5.74) is 4.69. The maximum atomic E-state index is 11.7. The highest BCUT2D eigenvalue weighted by atomic mass is 16.4. The summed E-state index contributed by atoms with van der Waals surface area (Å²) in [7, 11) is 0. The Bertz CT molecular complexity index is 669. The van der Waals surface area contributed by atoms with Crippen LogP contribution < -0.4 is 10.9 Å². The molecule has 1 heterocycles. The van der Waals surface area contributed by atoms with Gasteiger partial charge in [-0.1, -0.05) is 18.2 Å². The molecule has 0 unspecified atom stereocenters. The highest BCUT2D eigenvalue weighted by Crippen LogP contribution is 2.18. The summed E-state index contributed by atoms with van der Waals surface area (Å²) in [6.45, 7) is 0. The van der Waals surface area contributed by atoms with Gasteiger partial charge in [-0.25, -0.2) is 4.79 Å². The van der Waals surface area contributed by atoms with Crippen LogP contribution in [-0.4, -0.2) is 22.9 Å². The molecule has 20 heavy (non-hydrogen) atoms. The van der Waals surface area contributed by atoms with Gasteiger partial charge in [-0.15, -0.1) is 0 Å². The molecule has 0 radical (unpaired) electrons. The summed E-state index contributed by atoms with van der Waals surface area (Å²) < 4.78 is 5.28. The predicted molar refractivity (Wildman–Crippen MR) is 68.6 cm³/mol. The highest BCUT2D eigenvalue weighted by Gasteiger charge is 2.12. The quantitative estimate of drug-likeness (QED) is 0.567. The molecule has 1 aromatic carbocycles. The van der Waals surface area contributed by atoms with Gasteiger partial charge in [0.05, 0.1) is 0 Å². The number of amides is 2. The van der Waals surface area contributed by atoms with Crippen molar-refractivity contribution in [2.24, 2.45) is 0 Å². The van der Waals surface area contributed by atoms with Crippen LogP contribution in [-0.2, 0) is 9.59 Å². The molecule has 2 aromatic rings. The van der Waals surface area contributed by atoms with E-state index in [1.54, 1.807) is 24.3 Å². The van der Waals surface area contributed by atoms with Crippen molar-refractivity contribution < 1.29 is 23.9 Å². The van der Waals surface area contributed by atoms with Crippen LogP contribution in [0.3, 0.4) is 0 Å². The van der Waals surface area contributed by atoms with Crippen molar-refractivity contribution in [1.29, 1.82) is 0 Å². The van der Waals surface area contributed by atoms with Gasteiger partial charge < -0.3 is 9.52 Å². The summed E-state index contributed by atoms with van der Waals surface area (Å²) in [5.74, 6) is -2.63. The number of carboxylic acid groups (broad SMARTS) is 1. The standard InChI is InChI=1S/C13H10N2O5/c16-11(5-6-12(17)18)14-15-13(19)10-7-8-3-1-2-4-9(8)20-10/h1-7H,(H,14,16)(H,15,19)(H,17,18)/b6-5-. The Hall–Kier alpha value is -3.09. The van der Waals surface area contributed by atoms with E-state index in [9.17, 15) is 14.4 Å². The van der Waals surface area contributed by atoms with Crippen LogP contribution in [0.5, 0.6) is 0 Å². The van der Waals surface area contributed by atoms with Crippen LogP contribution >= 0.6 is 0 Å². The van der Waals surface area contributed by atoms with Gasteiger partial charge >= 0.3 is 11.9 Å². The lowest BCUT2D eigenvalue weighted by atomic mass is 10.2. The number of nitrogens with one attached hydrogen (secondary N) is 2. The Morgan fingerprint density at radius 3 is 2.55 bits per heavy atom. The first-order chi connectivity index (χ1) is 9.56. The fraction of sp³-hybridized carbons (Fsp3) is 0. The lowest BCUT2D eigenvalue weighted by Crippen LogP contribution is -2.40. The third-order valence-electron chi connectivity index (χ3n) is 2.33. The molecule has 0 aliphatic rings. The fourth-order valence-electron chi connectivity index (χ4n) is 1.46. The van der Waals surface area contributed by atoms with Crippen molar-refractivity contribution in [3.8, 4) is 0 Å². The molecule has 0 bridgehead atoms. The number of aliphatic carboxylic acids is 1. The van der Waals surface area contributed by atoms with Gasteiger partial charge in [-0.05, 0) is 12.1 Å². The van der Waals surface area contributed by atoms with E-state index >= 15 is 0 Å². The van der Waals surface area contributed by atoms with Gasteiger partial charge in [0.1, 0.15) is 5.58 Å². The minimum absolute atomic E-state index is 0.0358. The first-order valence-electron chi connectivity index (χ1n) is 5.56. The molecule has 0 atom stereocenters. The smallest absolute Gasteiger partial charge is 0.328 e. The van der Waals surface area contributed by atoms with Gasteiger partial charge in [-0.2, -0.15) is 0 Å². The minimum Gasteiger partial charge on any atom is -0.478 e. The van der Waals surface area contributed by atoms with Crippen molar-refractivity contribution in [2.45, 2.75) is 0 Å². The third-order valence-corrected chi connectivity index (χ3v) is 2.33. The largest absolute Gasteiger partial charge is 0.478 e. The van der Waals surface area contributed by atoms with Crippen LogP contribution in [0.25, 0.3) is 11.0 Å². The Labute approximate surface area is 112 Å². The normalized spacial score (nSPS) is 10.6. The zero-order valence-corrected chi connectivity index (χ0v) is 10.1. The van der Waals surface area contributed by atoms with Crippen LogP contribution in [0.4, 0.5) is 0 Å². The third kappa shape index (κ3) is 3.22. The van der Waals surface area contributed by atoms with E-state index in [0.717, 1.165) is 11.5 Å². The van der Waals surface area contributed by atoms with E-state index in [4.69, 9.17) is 9.52 Å². The maximum Gasteiger partial charge on any atom is 0.328 e. The summed E-state index contributed by atoms with van der Waals surface area (Å²) >= 11 is 0. The van der Waals surface area contributed by atoms with Gasteiger partial charge in [0.2, 0.25) is 0 Å². The van der Waals surface area contributed by atoms with Gasteiger partial charge in [0.25, 0.3) is 5.91 Å². The number of rotatable bonds is 3. The fourth-order valence-corrected chi connectivity index (χ4v) is 1.46. The first-order valence-corrected chi connectivity index (χ1v) is 5.56. The minimum atomic E-state index is -1.26. The van der Waals surface area contributed by atoms with Crippen LogP contribution in [0, 0.1) is 0 Å². The van der Waals surface area contributed by atoms with Gasteiger partial charge in [-0.3, -0.25) is 20.4 Å². The molecule has 7 heteroatoms. The number of carbonyl (C=O) groups is 3. The number of fused-ring (bicyclic) bond motifs is 1. The van der Waals surface area contributed by atoms with E-state index in [-0.39, 0.29) is 5.76 Å². The molecule has 0 saturated heterocycles. The van der Waals surface area contributed by atoms with Gasteiger partial charge in [0, 0.05) is 17.5 Å². The van der Waals surface area contributed by atoms with Crippen LogP contribution in [0.1, 0.15) is 10.6 Å². The second-order valence-electron chi connectivity index (χ2n) is 3.76. The molecule has 0 aliphatic carbocycles. The molecule has 2 rings (SSSR count). The molecule has 0 aliphatic heterocycles. The number of hydrazine groups is 1. The van der Waals surface area contributed by atoms with E-state index in [2.05, 4.69) is 5.43 Å². The summed E-state index contributed by atoms with van der Waals surface area (Å²) in [4.78, 5) is 33.0. The number of hydrogen-bond donors (Lipinski definition) is 3. The van der Waals surface area contributed by atoms with E-state index in [1.807, 2.05) is 5.43 Å². The number of carbonyl (C=O) groups excluding carboxylic acids is 2. The monoisotopic (exact) mass is 274 g/mol. The molecular formula is C13H10N2O5. The second kappa shape index (κ2) is 5.70. The molecular weight excluding hydrogens is 264 g/mol. The van der Waals surface area contributed by atoms with Crippen molar-refractivity contribution in [3.05, 3.63) is 48.2 Å². The topological polar surface area (TPSA) is 109 Å². The van der Waals surface area contributed by atoms with Crippen molar-refractivity contribution >= 4 is 28.8 Å². The SMILES string of the molecule is O=C(O)/C=C\C(=O)NNC(=O)c1cc2ccccc2o1. The summed E-state index contributed by atoms with van der Waals surface area (Å²) in [6, 6.07) is 8.60. The Morgan fingerprint density at radius 1 is 1.10 bits per heavy atom. The Kier molecular flexibility index (Phi) is 3.80. The highest BCUT2D eigenvalue weighted by molar-refractivity contribution is 5.99. The zero-order valence-electron chi connectivity index (χ0n) is 10.1. The van der Waals surface area contributed by atoms with E-state index in [0.29, 0.717) is 11.7 Å². The molecule has 1 aromatic heterocycles. The second-order valence-corrected chi connectivity index (χ2v) is 3.76. The number of furan rings is 1. The van der Waals surface area contributed by atoms with E-state index in [1.165, 1.54) is 6.07 Å². The van der Waals surface area contributed by atoms with Crippen LogP contribution in [0.15, 0.2) is 46.9 Å². The summed E-state index contributed by atoms with van der Waals surface area (Å²) in [5, 5.41) is 9.09. The molecule has 0 fully saturated rings. The molecule has 3 N–H and O–H groups in total. The van der Waals surface area contributed by atoms with Crippen LogP contribution in [0.2, 0.25) is 0 Å².